The summed E-state index contributed by atoms with van der Waals surface area (Å²) in [7, 11) is 0. The second-order valence-corrected chi connectivity index (χ2v) is 4.39. The van der Waals surface area contributed by atoms with Gasteiger partial charge in [0.1, 0.15) is 0 Å². The monoisotopic (exact) mass is 212 g/mol. The highest BCUT2D eigenvalue weighted by Crippen LogP contribution is 2.16. The number of hydrogen-bond donors (Lipinski definition) is 0. The van der Waals surface area contributed by atoms with Crippen LogP contribution in [-0.2, 0) is 9.53 Å². The predicted octanol–water partition coefficient (Wildman–Crippen LogP) is 0.329. The topological polar surface area (TPSA) is 32.8 Å². The maximum absolute atomic E-state index is 11.2. The molecule has 4 heteroatoms. The van der Waals surface area contributed by atoms with Gasteiger partial charge in [0.05, 0.1) is 0 Å². The minimum atomic E-state index is 0.210. The summed E-state index contributed by atoms with van der Waals surface area (Å²) in [6.07, 6.45) is 2.31. The zero-order chi connectivity index (χ0) is 10.7. The van der Waals surface area contributed by atoms with Gasteiger partial charge in [0.2, 0.25) is 5.91 Å². The molecule has 1 amide bonds. The van der Waals surface area contributed by atoms with E-state index in [-0.39, 0.29) is 5.91 Å². The summed E-state index contributed by atoms with van der Waals surface area (Å²) in [6.45, 7) is 7.31. The van der Waals surface area contributed by atoms with Crippen molar-refractivity contribution >= 4 is 5.91 Å². The second-order valence-electron chi connectivity index (χ2n) is 4.39. The van der Waals surface area contributed by atoms with E-state index in [1.807, 2.05) is 4.90 Å². The Balaban J connectivity index is 1.79. The summed E-state index contributed by atoms with van der Waals surface area (Å²) in [6, 6.07) is 0.688. The maximum Gasteiger partial charge on any atom is 0.219 e. The molecule has 0 aromatic rings. The molecule has 0 N–H and O–H groups in total. The van der Waals surface area contributed by atoms with E-state index in [4.69, 9.17) is 4.74 Å². The average Bonchev–Trinajstić information content (AvgIpc) is 2.30. The van der Waals surface area contributed by atoms with Crippen LogP contribution in [0.3, 0.4) is 0 Å². The Morgan fingerprint density at radius 1 is 1.13 bits per heavy atom. The number of ether oxygens (including phenoxy) is 1. The van der Waals surface area contributed by atoms with Gasteiger partial charge in [0, 0.05) is 52.4 Å². The predicted molar refractivity (Wildman–Crippen MR) is 57.7 cm³/mol. The fourth-order valence-corrected chi connectivity index (χ4v) is 2.45. The SMILES string of the molecule is CC(=O)N1CCN(C2CCOCC2)CC1. The van der Waals surface area contributed by atoms with E-state index in [0.29, 0.717) is 6.04 Å². The molecule has 86 valence electrons. The van der Waals surface area contributed by atoms with Gasteiger partial charge >= 0.3 is 0 Å². The van der Waals surface area contributed by atoms with Crippen LogP contribution in [0.4, 0.5) is 0 Å². The first-order valence-corrected chi connectivity index (χ1v) is 5.84. The molecule has 2 fully saturated rings. The molecule has 0 bridgehead atoms. The van der Waals surface area contributed by atoms with Gasteiger partial charge in [-0.1, -0.05) is 0 Å². The molecule has 0 unspecified atom stereocenters. The van der Waals surface area contributed by atoms with E-state index in [0.717, 1.165) is 52.2 Å². The van der Waals surface area contributed by atoms with Crippen LogP contribution in [0.2, 0.25) is 0 Å². The number of carbonyl (C=O) groups is 1. The molecule has 0 aliphatic carbocycles. The van der Waals surface area contributed by atoms with Gasteiger partial charge in [-0.3, -0.25) is 9.69 Å². The summed E-state index contributed by atoms with van der Waals surface area (Å²) in [5, 5.41) is 0. The van der Waals surface area contributed by atoms with Crippen molar-refractivity contribution in [1.29, 1.82) is 0 Å². The lowest BCUT2D eigenvalue weighted by Gasteiger charge is -2.40. The van der Waals surface area contributed by atoms with E-state index >= 15 is 0 Å². The van der Waals surface area contributed by atoms with Gasteiger partial charge in [-0.05, 0) is 12.8 Å². The number of nitrogens with zero attached hydrogens (tertiary/aromatic N) is 2. The van der Waals surface area contributed by atoms with Crippen LogP contribution in [-0.4, -0.2) is 61.1 Å². The smallest absolute Gasteiger partial charge is 0.219 e. The normalized spacial score (nSPS) is 25.5. The largest absolute Gasteiger partial charge is 0.381 e. The van der Waals surface area contributed by atoms with E-state index in [2.05, 4.69) is 4.90 Å². The molecular formula is C11H20N2O2. The Morgan fingerprint density at radius 2 is 1.73 bits per heavy atom. The van der Waals surface area contributed by atoms with Crippen LogP contribution in [0.25, 0.3) is 0 Å². The Bertz CT molecular complexity index is 219. The van der Waals surface area contributed by atoms with E-state index in [9.17, 15) is 4.79 Å². The van der Waals surface area contributed by atoms with Crippen molar-refractivity contribution in [1.82, 2.24) is 9.80 Å². The van der Waals surface area contributed by atoms with Crippen LogP contribution in [0.15, 0.2) is 0 Å². The van der Waals surface area contributed by atoms with Gasteiger partial charge in [0.25, 0.3) is 0 Å². The van der Waals surface area contributed by atoms with Crippen LogP contribution >= 0.6 is 0 Å². The Labute approximate surface area is 91.2 Å². The average molecular weight is 212 g/mol. The zero-order valence-corrected chi connectivity index (χ0v) is 9.45. The van der Waals surface area contributed by atoms with Gasteiger partial charge in [-0.15, -0.1) is 0 Å². The molecule has 2 saturated heterocycles. The molecule has 0 aromatic carbocycles. The third kappa shape index (κ3) is 2.69. The van der Waals surface area contributed by atoms with Crippen molar-refractivity contribution < 1.29 is 9.53 Å². The van der Waals surface area contributed by atoms with Crippen LogP contribution < -0.4 is 0 Å². The van der Waals surface area contributed by atoms with Crippen LogP contribution in [0.5, 0.6) is 0 Å². The van der Waals surface area contributed by atoms with Crippen LogP contribution in [0.1, 0.15) is 19.8 Å². The molecule has 0 saturated carbocycles. The highest BCUT2D eigenvalue weighted by atomic mass is 16.5. The molecule has 2 heterocycles. The van der Waals surface area contributed by atoms with Gasteiger partial charge in [0.15, 0.2) is 0 Å². The summed E-state index contributed by atoms with van der Waals surface area (Å²) < 4.78 is 5.36. The lowest BCUT2D eigenvalue weighted by Crippen LogP contribution is -2.52. The van der Waals surface area contributed by atoms with Gasteiger partial charge in [-0.2, -0.15) is 0 Å². The molecule has 2 aliphatic rings. The molecule has 2 aliphatic heterocycles. The summed E-state index contributed by atoms with van der Waals surface area (Å²) in [5.41, 5.74) is 0. The van der Waals surface area contributed by atoms with Gasteiger partial charge < -0.3 is 9.64 Å². The number of hydrogen-bond acceptors (Lipinski definition) is 3. The minimum absolute atomic E-state index is 0.210. The molecule has 2 rings (SSSR count). The highest BCUT2D eigenvalue weighted by molar-refractivity contribution is 5.73. The van der Waals surface area contributed by atoms with E-state index in [1.54, 1.807) is 6.92 Å². The van der Waals surface area contributed by atoms with Crippen molar-refractivity contribution in [3.05, 3.63) is 0 Å². The fraction of sp³-hybridized carbons (Fsp3) is 0.909. The molecule has 0 radical (unpaired) electrons. The zero-order valence-electron chi connectivity index (χ0n) is 9.45. The molecule has 0 atom stereocenters. The maximum atomic E-state index is 11.2. The van der Waals surface area contributed by atoms with Crippen molar-refractivity contribution in [2.24, 2.45) is 0 Å². The number of carbonyl (C=O) groups excluding carboxylic acids is 1. The van der Waals surface area contributed by atoms with E-state index < -0.39 is 0 Å². The third-order valence-corrected chi connectivity index (χ3v) is 3.47. The fourth-order valence-electron chi connectivity index (χ4n) is 2.45. The lowest BCUT2D eigenvalue weighted by molar-refractivity contribution is -0.131. The Kier molecular flexibility index (Phi) is 3.59. The van der Waals surface area contributed by atoms with Gasteiger partial charge in [-0.25, -0.2) is 0 Å². The lowest BCUT2D eigenvalue weighted by atomic mass is 10.1. The Hall–Kier alpha value is -0.610. The number of rotatable bonds is 1. The molecule has 0 aromatic heterocycles. The quantitative estimate of drug-likeness (QED) is 0.628. The first-order valence-electron chi connectivity index (χ1n) is 5.84. The number of piperazine rings is 1. The first-order chi connectivity index (χ1) is 7.27. The summed E-state index contributed by atoms with van der Waals surface area (Å²) >= 11 is 0. The third-order valence-electron chi connectivity index (χ3n) is 3.47. The van der Waals surface area contributed by atoms with Crippen molar-refractivity contribution in [3.63, 3.8) is 0 Å². The van der Waals surface area contributed by atoms with E-state index in [1.165, 1.54) is 0 Å². The molecular weight excluding hydrogens is 192 g/mol. The Morgan fingerprint density at radius 3 is 2.27 bits per heavy atom. The second kappa shape index (κ2) is 4.94. The highest BCUT2D eigenvalue weighted by Gasteiger charge is 2.25. The van der Waals surface area contributed by atoms with Crippen molar-refractivity contribution in [2.45, 2.75) is 25.8 Å². The van der Waals surface area contributed by atoms with Crippen molar-refractivity contribution in [2.75, 3.05) is 39.4 Å². The number of amides is 1. The van der Waals surface area contributed by atoms with Crippen molar-refractivity contribution in [3.8, 4) is 0 Å². The molecule has 15 heavy (non-hydrogen) atoms. The molecule has 0 spiro atoms. The summed E-state index contributed by atoms with van der Waals surface area (Å²) in [4.78, 5) is 15.6. The first kappa shape index (κ1) is 10.9. The molecule has 4 nitrogen and oxygen atoms in total. The standard InChI is InChI=1S/C11H20N2O2/c1-10(14)12-4-6-13(7-5-12)11-2-8-15-9-3-11/h11H,2-9H2,1H3. The van der Waals surface area contributed by atoms with Crippen LogP contribution in [0, 0.1) is 0 Å². The summed E-state index contributed by atoms with van der Waals surface area (Å²) in [5.74, 6) is 0.210. The minimum Gasteiger partial charge on any atom is -0.381 e.